The summed E-state index contributed by atoms with van der Waals surface area (Å²) in [4.78, 5) is 2.50. The van der Waals surface area contributed by atoms with E-state index in [0.29, 0.717) is 11.6 Å². The number of thioether (sulfide) groups is 2. The van der Waals surface area contributed by atoms with Crippen molar-refractivity contribution < 1.29 is 4.52 Å². The van der Waals surface area contributed by atoms with Crippen molar-refractivity contribution >= 4 is 29.3 Å². The van der Waals surface area contributed by atoms with Crippen molar-refractivity contribution in [2.75, 3.05) is 18.2 Å². The third kappa shape index (κ3) is 2.20. The Balaban J connectivity index is 2.43. The Morgan fingerprint density at radius 1 is 1.12 bits per heavy atom. The fraction of sp³-hybridized carbons (Fsp3) is 0.182. The van der Waals surface area contributed by atoms with Crippen LogP contribution in [0.15, 0.2) is 38.6 Å². The third-order valence-corrected chi connectivity index (χ3v) is 3.90. The van der Waals surface area contributed by atoms with E-state index >= 15 is 0 Å². The highest BCUT2D eigenvalue weighted by Crippen LogP contribution is 2.32. The van der Waals surface area contributed by atoms with Gasteiger partial charge in [-0.25, -0.2) is 0 Å². The van der Waals surface area contributed by atoms with Gasteiger partial charge in [0.1, 0.15) is 0 Å². The number of anilines is 1. The lowest BCUT2D eigenvalue weighted by Crippen LogP contribution is -1.81. The standard InChI is InChI=1S/C11H12N2OS2/c1-15-9-4-3-7(5-10(9)16-2)8-6-11(12)13-14-8/h3-6H,1-2H3,(H2,12,13). The third-order valence-electron chi connectivity index (χ3n) is 2.20. The smallest absolute Gasteiger partial charge is 0.169 e. The molecule has 0 radical (unpaired) electrons. The molecule has 0 aliphatic carbocycles. The lowest BCUT2D eigenvalue weighted by molar-refractivity contribution is 0.435. The van der Waals surface area contributed by atoms with Crippen LogP contribution in [0.25, 0.3) is 11.3 Å². The van der Waals surface area contributed by atoms with E-state index in [9.17, 15) is 0 Å². The molecule has 0 fully saturated rings. The first-order valence-corrected chi connectivity index (χ1v) is 7.14. The first-order chi connectivity index (χ1) is 7.74. The second-order valence-corrected chi connectivity index (χ2v) is 4.88. The van der Waals surface area contributed by atoms with Crippen LogP contribution >= 0.6 is 23.5 Å². The summed E-state index contributed by atoms with van der Waals surface area (Å²) in [7, 11) is 0. The molecule has 1 aromatic heterocycles. The summed E-state index contributed by atoms with van der Waals surface area (Å²) in [6.45, 7) is 0. The van der Waals surface area contributed by atoms with Crippen molar-refractivity contribution in [2.45, 2.75) is 9.79 Å². The Morgan fingerprint density at radius 3 is 2.44 bits per heavy atom. The number of hydrogen-bond donors (Lipinski definition) is 1. The van der Waals surface area contributed by atoms with E-state index in [4.69, 9.17) is 10.3 Å². The number of nitrogens with zero attached hydrogens (tertiary/aromatic N) is 1. The van der Waals surface area contributed by atoms with Gasteiger partial charge in [-0.05, 0) is 30.7 Å². The normalized spacial score (nSPS) is 10.6. The molecule has 5 heteroatoms. The molecule has 0 amide bonds. The van der Waals surface area contributed by atoms with Crippen molar-refractivity contribution in [1.29, 1.82) is 0 Å². The molecule has 16 heavy (non-hydrogen) atoms. The van der Waals surface area contributed by atoms with E-state index in [1.807, 2.05) is 6.07 Å². The minimum absolute atomic E-state index is 0.412. The zero-order valence-electron chi connectivity index (χ0n) is 9.06. The Bertz CT molecular complexity index is 496. The van der Waals surface area contributed by atoms with Crippen molar-refractivity contribution in [3.8, 4) is 11.3 Å². The maximum Gasteiger partial charge on any atom is 0.169 e. The summed E-state index contributed by atoms with van der Waals surface area (Å²) in [6, 6.07) is 7.94. The van der Waals surface area contributed by atoms with Crippen molar-refractivity contribution in [1.82, 2.24) is 5.16 Å². The van der Waals surface area contributed by atoms with Gasteiger partial charge in [0.25, 0.3) is 0 Å². The van der Waals surface area contributed by atoms with Gasteiger partial charge in [0.15, 0.2) is 11.6 Å². The second kappa shape index (κ2) is 4.84. The summed E-state index contributed by atoms with van der Waals surface area (Å²) < 4.78 is 5.13. The first-order valence-electron chi connectivity index (χ1n) is 4.69. The lowest BCUT2D eigenvalue weighted by Gasteiger charge is -2.05. The predicted octanol–water partition coefficient (Wildman–Crippen LogP) is 3.37. The quantitative estimate of drug-likeness (QED) is 0.849. The number of hydrogen-bond acceptors (Lipinski definition) is 5. The van der Waals surface area contributed by atoms with Crippen LogP contribution in [0, 0.1) is 0 Å². The summed E-state index contributed by atoms with van der Waals surface area (Å²) in [6.07, 6.45) is 4.13. The summed E-state index contributed by atoms with van der Waals surface area (Å²) >= 11 is 3.46. The first kappa shape index (κ1) is 11.4. The van der Waals surface area contributed by atoms with Gasteiger partial charge < -0.3 is 10.3 Å². The van der Waals surface area contributed by atoms with Crippen LogP contribution in [0.1, 0.15) is 0 Å². The molecule has 2 N–H and O–H groups in total. The van der Waals surface area contributed by atoms with E-state index in [1.165, 1.54) is 9.79 Å². The molecule has 0 aliphatic rings. The highest BCUT2D eigenvalue weighted by Gasteiger charge is 2.08. The van der Waals surface area contributed by atoms with Gasteiger partial charge in [0.05, 0.1) is 0 Å². The molecular weight excluding hydrogens is 240 g/mol. The van der Waals surface area contributed by atoms with Crippen LogP contribution in [0.3, 0.4) is 0 Å². The van der Waals surface area contributed by atoms with E-state index < -0.39 is 0 Å². The summed E-state index contributed by atoms with van der Waals surface area (Å²) in [5.41, 5.74) is 6.53. The molecular formula is C11H12N2OS2. The van der Waals surface area contributed by atoms with Crippen LogP contribution < -0.4 is 5.73 Å². The predicted molar refractivity (Wildman–Crippen MR) is 69.9 cm³/mol. The Labute approximate surface area is 103 Å². The molecule has 0 saturated carbocycles. The molecule has 0 aliphatic heterocycles. The van der Waals surface area contributed by atoms with Gasteiger partial charge in [-0.15, -0.1) is 23.5 Å². The molecule has 84 valence electrons. The van der Waals surface area contributed by atoms with Crippen molar-refractivity contribution in [2.24, 2.45) is 0 Å². The monoisotopic (exact) mass is 252 g/mol. The molecule has 0 saturated heterocycles. The van der Waals surface area contributed by atoms with E-state index in [1.54, 1.807) is 29.6 Å². The molecule has 2 rings (SSSR count). The molecule has 3 nitrogen and oxygen atoms in total. The SMILES string of the molecule is CSc1ccc(-c2cc(N)no2)cc1SC. The van der Waals surface area contributed by atoms with Gasteiger partial charge in [-0.3, -0.25) is 0 Å². The largest absolute Gasteiger partial charge is 0.381 e. The molecule has 0 atom stereocenters. The number of rotatable bonds is 3. The van der Waals surface area contributed by atoms with E-state index in [2.05, 4.69) is 29.8 Å². The average Bonchev–Trinajstić information content (AvgIpc) is 2.75. The maximum absolute atomic E-state index is 5.53. The van der Waals surface area contributed by atoms with Crippen LogP contribution in [0.4, 0.5) is 5.82 Å². The lowest BCUT2D eigenvalue weighted by atomic mass is 10.2. The van der Waals surface area contributed by atoms with Crippen LogP contribution in [-0.4, -0.2) is 17.7 Å². The number of benzene rings is 1. The average molecular weight is 252 g/mol. The topological polar surface area (TPSA) is 52.0 Å². The highest BCUT2D eigenvalue weighted by atomic mass is 32.2. The zero-order chi connectivity index (χ0) is 11.5. The number of nitrogens with two attached hydrogens (primary N) is 1. The fourth-order valence-corrected chi connectivity index (χ4v) is 2.89. The fourth-order valence-electron chi connectivity index (χ4n) is 1.41. The molecule has 2 aromatic rings. The number of nitrogen functional groups attached to an aromatic ring is 1. The highest BCUT2D eigenvalue weighted by molar-refractivity contribution is 8.01. The van der Waals surface area contributed by atoms with E-state index in [-0.39, 0.29) is 0 Å². The minimum Gasteiger partial charge on any atom is -0.381 e. The van der Waals surface area contributed by atoms with Crippen LogP contribution in [-0.2, 0) is 0 Å². The van der Waals surface area contributed by atoms with Gasteiger partial charge in [-0.1, -0.05) is 5.16 Å². The molecule has 0 spiro atoms. The Kier molecular flexibility index (Phi) is 3.46. The summed E-state index contributed by atoms with van der Waals surface area (Å²) in [5, 5.41) is 3.68. The van der Waals surface area contributed by atoms with Crippen LogP contribution in [0.5, 0.6) is 0 Å². The van der Waals surface area contributed by atoms with E-state index in [0.717, 1.165) is 5.56 Å². The molecule has 0 bridgehead atoms. The zero-order valence-corrected chi connectivity index (χ0v) is 10.7. The second-order valence-electron chi connectivity index (χ2n) is 3.19. The van der Waals surface area contributed by atoms with Crippen molar-refractivity contribution in [3.05, 3.63) is 24.3 Å². The van der Waals surface area contributed by atoms with Gasteiger partial charge in [0.2, 0.25) is 0 Å². The maximum atomic E-state index is 5.53. The van der Waals surface area contributed by atoms with Crippen LogP contribution in [0.2, 0.25) is 0 Å². The molecule has 1 aromatic carbocycles. The molecule has 0 unspecified atom stereocenters. The van der Waals surface area contributed by atoms with Gasteiger partial charge >= 0.3 is 0 Å². The summed E-state index contributed by atoms with van der Waals surface area (Å²) in [5.74, 6) is 1.12. The minimum atomic E-state index is 0.412. The Hall–Kier alpha value is -1.07. The van der Waals surface area contributed by atoms with Gasteiger partial charge in [0, 0.05) is 21.4 Å². The Morgan fingerprint density at radius 2 is 1.88 bits per heavy atom. The van der Waals surface area contributed by atoms with Crippen molar-refractivity contribution in [3.63, 3.8) is 0 Å². The molecule has 1 heterocycles. The van der Waals surface area contributed by atoms with Gasteiger partial charge in [-0.2, -0.15) is 0 Å². The number of aromatic nitrogens is 1.